The number of H-pyrrole nitrogens is 1. The van der Waals surface area contributed by atoms with Gasteiger partial charge in [0.05, 0.1) is 17.8 Å². The highest BCUT2D eigenvalue weighted by atomic mass is 16.3. The first-order chi connectivity index (χ1) is 10.3. The molecule has 0 aromatic carbocycles. The quantitative estimate of drug-likeness (QED) is 0.644. The third kappa shape index (κ3) is 2.96. The first-order valence-corrected chi connectivity index (χ1v) is 7.00. The van der Waals surface area contributed by atoms with Gasteiger partial charge in [-0.1, -0.05) is 0 Å². The van der Waals surface area contributed by atoms with Gasteiger partial charge in [-0.25, -0.2) is 0 Å². The van der Waals surface area contributed by atoms with Crippen LogP contribution >= 0.6 is 0 Å². The lowest BCUT2D eigenvalue weighted by Gasteiger charge is -2.14. The summed E-state index contributed by atoms with van der Waals surface area (Å²) in [6.45, 7) is 4.86. The molecule has 21 heavy (non-hydrogen) atoms. The molecule has 0 aliphatic heterocycles. The molecule has 0 saturated heterocycles. The number of anilines is 2. The molecule has 0 saturated carbocycles. The van der Waals surface area contributed by atoms with Crippen LogP contribution in [0.3, 0.4) is 0 Å². The van der Waals surface area contributed by atoms with Gasteiger partial charge in [-0.15, -0.1) is 0 Å². The zero-order valence-corrected chi connectivity index (χ0v) is 12.1. The minimum absolute atomic E-state index is 0.179. The standard InChI is InChI=1S/C14H18N6O/c1-3-15-14-18-12(11-8-16-20-13(11)19-14)17-9(2)7-10-5-4-6-21-10/h4-6,8-9H,3,7H2,1-2H3,(H3,15,16,17,18,19,20). The number of aromatic nitrogens is 4. The third-order valence-corrected chi connectivity index (χ3v) is 3.12. The SMILES string of the molecule is CCNc1nc(NC(C)Cc2ccco2)c2cn[nH]c2n1. The van der Waals surface area contributed by atoms with Crippen LogP contribution in [0.25, 0.3) is 11.0 Å². The summed E-state index contributed by atoms with van der Waals surface area (Å²) in [5.41, 5.74) is 0.716. The molecule has 3 rings (SSSR count). The molecule has 1 unspecified atom stereocenters. The molecule has 3 heterocycles. The number of aromatic amines is 1. The highest BCUT2D eigenvalue weighted by Gasteiger charge is 2.12. The molecular weight excluding hydrogens is 268 g/mol. The zero-order valence-electron chi connectivity index (χ0n) is 12.1. The molecule has 1 atom stereocenters. The molecule has 7 nitrogen and oxygen atoms in total. The molecule has 0 spiro atoms. The highest BCUT2D eigenvalue weighted by Crippen LogP contribution is 2.21. The van der Waals surface area contributed by atoms with Crippen molar-refractivity contribution in [2.24, 2.45) is 0 Å². The maximum atomic E-state index is 5.37. The fourth-order valence-corrected chi connectivity index (χ4v) is 2.20. The van der Waals surface area contributed by atoms with Crippen LogP contribution in [0.15, 0.2) is 29.0 Å². The molecule has 0 amide bonds. The summed E-state index contributed by atoms with van der Waals surface area (Å²) in [6.07, 6.45) is 4.20. The van der Waals surface area contributed by atoms with Crippen molar-refractivity contribution < 1.29 is 4.42 Å². The van der Waals surface area contributed by atoms with E-state index >= 15 is 0 Å². The number of rotatable bonds is 6. The molecule has 110 valence electrons. The lowest BCUT2D eigenvalue weighted by molar-refractivity contribution is 0.497. The van der Waals surface area contributed by atoms with Crippen LogP contribution in [0, 0.1) is 0 Å². The van der Waals surface area contributed by atoms with Crippen molar-refractivity contribution in [3.05, 3.63) is 30.4 Å². The van der Waals surface area contributed by atoms with Crippen molar-refractivity contribution in [1.29, 1.82) is 0 Å². The predicted molar refractivity (Wildman–Crippen MR) is 81.3 cm³/mol. The molecule has 3 N–H and O–H groups in total. The Kier molecular flexibility index (Phi) is 3.72. The molecule has 0 aliphatic rings. The van der Waals surface area contributed by atoms with Crippen LogP contribution in [0.4, 0.5) is 11.8 Å². The molecule has 0 aliphatic carbocycles. The van der Waals surface area contributed by atoms with Gasteiger partial charge in [-0.3, -0.25) is 5.10 Å². The smallest absolute Gasteiger partial charge is 0.226 e. The van der Waals surface area contributed by atoms with Crippen LogP contribution < -0.4 is 10.6 Å². The maximum absolute atomic E-state index is 5.37. The second-order valence-corrected chi connectivity index (χ2v) is 4.89. The average Bonchev–Trinajstić information content (AvgIpc) is 3.09. The van der Waals surface area contributed by atoms with Gasteiger partial charge in [-0.2, -0.15) is 15.1 Å². The van der Waals surface area contributed by atoms with E-state index in [2.05, 4.69) is 37.7 Å². The number of furan rings is 1. The van der Waals surface area contributed by atoms with Gasteiger partial charge in [-0.05, 0) is 26.0 Å². The first kappa shape index (κ1) is 13.4. The third-order valence-electron chi connectivity index (χ3n) is 3.12. The molecule has 0 radical (unpaired) electrons. The van der Waals surface area contributed by atoms with E-state index in [-0.39, 0.29) is 6.04 Å². The van der Waals surface area contributed by atoms with Crippen LogP contribution in [-0.4, -0.2) is 32.8 Å². The van der Waals surface area contributed by atoms with Gasteiger partial charge >= 0.3 is 0 Å². The Labute approximate surface area is 122 Å². The summed E-state index contributed by atoms with van der Waals surface area (Å²) in [6, 6.07) is 4.04. The van der Waals surface area contributed by atoms with Gasteiger partial charge in [0, 0.05) is 19.0 Å². The summed E-state index contributed by atoms with van der Waals surface area (Å²) >= 11 is 0. The van der Waals surface area contributed by atoms with E-state index in [4.69, 9.17) is 4.42 Å². The summed E-state index contributed by atoms with van der Waals surface area (Å²) < 4.78 is 5.37. The molecule has 7 heteroatoms. The lowest BCUT2D eigenvalue weighted by atomic mass is 10.2. The van der Waals surface area contributed by atoms with Gasteiger partial charge in [0.1, 0.15) is 11.6 Å². The van der Waals surface area contributed by atoms with E-state index in [0.29, 0.717) is 11.6 Å². The van der Waals surface area contributed by atoms with Crippen LogP contribution in [0.5, 0.6) is 0 Å². The van der Waals surface area contributed by atoms with E-state index in [0.717, 1.165) is 29.9 Å². The van der Waals surface area contributed by atoms with Crippen molar-refractivity contribution in [2.45, 2.75) is 26.3 Å². The van der Waals surface area contributed by atoms with Gasteiger partial charge < -0.3 is 15.1 Å². The Morgan fingerprint density at radius 3 is 3.05 bits per heavy atom. The van der Waals surface area contributed by atoms with Crippen LogP contribution in [-0.2, 0) is 6.42 Å². The van der Waals surface area contributed by atoms with Crippen molar-refractivity contribution in [3.8, 4) is 0 Å². The number of fused-ring (bicyclic) bond motifs is 1. The van der Waals surface area contributed by atoms with E-state index in [1.54, 1.807) is 12.5 Å². The van der Waals surface area contributed by atoms with Crippen molar-refractivity contribution in [1.82, 2.24) is 20.2 Å². The largest absolute Gasteiger partial charge is 0.469 e. The Morgan fingerprint density at radius 2 is 2.29 bits per heavy atom. The topological polar surface area (TPSA) is 91.7 Å². The Balaban J connectivity index is 1.83. The molecule has 3 aromatic rings. The lowest BCUT2D eigenvalue weighted by Crippen LogP contribution is -2.19. The molecule has 0 bridgehead atoms. The minimum atomic E-state index is 0.179. The fourth-order valence-electron chi connectivity index (χ4n) is 2.20. The Hall–Kier alpha value is -2.57. The zero-order chi connectivity index (χ0) is 14.7. The van der Waals surface area contributed by atoms with E-state index in [9.17, 15) is 0 Å². The first-order valence-electron chi connectivity index (χ1n) is 7.00. The van der Waals surface area contributed by atoms with Crippen LogP contribution in [0.2, 0.25) is 0 Å². The van der Waals surface area contributed by atoms with E-state index < -0.39 is 0 Å². The monoisotopic (exact) mass is 286 g/mol. The fraction of sp³-hybridized carbons (Fsp3) is 0.357. The van der Waals surface area contributed by atoms with E-state index in [1.807, 2.05) is 19.1 Å². The second kappa shape index (κ2) is 5.82. The Morgan fingerprint density at radius 1 is 1.38 bits per heavy atom. The number of hydrogen-bond donors (Lipinski definition) is 3. The normalized spacial score (nSPS) is 12.5. The summed E-state index contributed by atoms with van der Waals surface area (Å²) in [5, 5.41) is 14.3. The van der Waals surface area contributed by atoms with Gasteiger partial charge in [0.2, 0.25) is 5.95 Å². The predicted octanol–water partition coefficient (Wildman–Crippen LogP) is 2.42. The highest BCUT2D eigenvalue weighted by molar-refractivity contribution is 5.87. The van der Waals surface area contributed by atoms with E-state index in [1.165, 1.54) is 0 Å². The number of nitrogens with one attached hydrogen (secondary N) is 3. The minimum Gasteiger partial charge on any atom is -0.469 e. The molecular formula is C14H18N6O. The summed E-state index contributed by atoms with van der Waals surface area (Å²) in [5.74, 6) is 2.30. The molecule has 3 aromatic heterocycles. The molecule has 0 fully saturated rings. The number of hydrogen-bond acceptors (Lipinski definition) is 6. The van der Waals surface area contributed by atoms with Crippen molar-refractivity contribution in [2.75, 3.05) is 17.2 Å². The van der Waals surface area contributed by atoms with Crippen molar-refractivity contribution in [3.63, 3.8) is 0 Å². The summed E-state index contributed by atoms with van der Waals surface area (Å²) in [7, 11) is 0. The van der Waals surface area contributed by atoms with Crippen LogP contribution in [0.1, 0.15) is 19.6 Å². The average molecular weight is 286 g/mol. The maximum Gasteiger partial charge on any atom is 0.226 e. The summed E-state index contributed by atoms with van der Waals surface area (Å²) in [4.78, 5) is 8.88. The number of nitrogens with zero attached hydrogens (tertiary/aromatic N) is 3. The van der Waals surface area contributed by atoms with Gasteiger partial charge in [0.25, 0.3) is 0 Å². The second-order valence-electron chi connectivity index (χ2n) is 4.89. The van der Waals surface area contributed by atoms with Crippen molar-refractivity contribution >= 4 is 22.8 Å². The Bertz CT molecular complexity index is 705. The van der Waals surface area contributed by atoms with Gasteiger partial charge in [0.15, 0.2) is 5.65 Å².